The van der Waals surface area contributed by atoms with Crippen molar-refractivity contribution in [2.75, 3.05) is 0 Å². The third-order valence-electron chi connectivity index (χ3n) is 2.87. The molecule has 1 heteroatoms. The second-order valence-corrected chi connectivity index (χ2v) is 3.84. The van der Waals surface area contributed by atoms with E-state index >= 15 is 0 Å². The van der Waals surface area contributed by atoms with Crippen LogP contribution in [-0.4, -0.2) is 10.7 Å². The SMILES string of the molecule is C=CC1(O)CCCCC1C(=C)C. The minimum atomic E-state index is -0.677. The van der Waals surface area contributed by atoms with Gasteiger partial charge in [-0.05, 0) is 19.8 Å². The maximum absolute atomic E-state index is 10.1. The first-order valence-electron chi connectivity index (χ1n) is 4.61. The molecule has 1 N–H and O–H groups in total. The standard InChI is InChI=1S/C11H18O/c1-4-11(12)8-6-5-7-10(11)9(2)3/h4,10,12H,1-2,5-8H2,3H3. The van der Waals surface area contributed by atoms with E-state index in [2.05, 4.69) is 13.2 Å². The van der Waals surface area contributed by atoms with Crippen LogP contribution >= 0.6 is 0 Å². The Bertz CT molecular complexity index is 195. The summed E-state index contributed by atoms with van der Waals surface area (Å²) >= 11 is 0. The summed E-state index contributed by atoms with van der Waals surface area (Å²) in [5, 5.41) is 10.1. The zero-order chi connectivity index (χ0) is 9.19. The average molecular weight is 166 g/mol. The van der Waals surface area contributed by atoms with Gasteiger partial charge in [-0.1, -0.05) is 31.1 Å². The van der Waals surface area contributed by atoms with Gasteiger partial charge in [0.1, 0.15) is 0 Å². The van der Waals surface area contributed by atoms with Gasteiger partial charge in [0.25, 0.3) is 0 Å². The van der Waals surface area contributed by atoms with Crippen molar-refractivity contribution in [3.63, 3.8) is 0 Å². The molecule has 1 aliphatic carbocycles. The van der Waals surface area contributed by atoms with Gasteiger partial charge in [-0.3, -0.25) is 0 Å². The van der Waals surface area contributed by atoms with Crippen LogP contribution in [0.4, 0.5) is 0 Å². The Morgan fingerprint density at radius 3 is 2.67 bits per heavy atom. The summed E-state index contributed by atoms with van der Waals surface area (Å²) in [6, 6.07) is 0. The van der Waals surface area contributed by atoms with Crippen molar-refractivity contribution in [3.05, 3.63) is 24.8 Å². The van der Waals surface area contributed by atoms with Gasteiger partial charge in [0, 0.05) is 5.92 Å². The van der Waals surface area contributed by atoms with Gasteiger partial charge in [0.15, 0.2) is 0 Å². The third-order valence-corrected chi connectivity index (χ3v) is 2.87. The Balaban J connectivity index is 2.80. The fourth-order valence-electron chi connectivity index (χ4n) is 2.10. The molecule has 1 aliphatic rings. The molecular formula is C11H18O. The molecule has 0 saturated heterocycles. The van der Waals surface area contributed by atoms with Gasteiger partial charge in [0.2, 0.25) is 0 Å². The lowest BCUT2D eigenvalue weighted by Gasteiger charge is -2.38. The highest BCUT2D eigenvalue weighted by atomic mass is 16.3. The molecule has 0 spiro atoms. The van der Waals surface area contributed by atoms with Crippen molar-refractivity contribution in [1.29, 1.82) is 0 Å². The van der Waals surface area contributed by atoms with E-state index < -0.39 is 5.60 Å². The minimum absolute atomic E-state index is 0.226. The van der Waals surface area contributed by atoms with Crippen molar-refractivity contribution in [1.82, 2.24) is 0 Å². The quantitative estimate of drug-likeness (QED) is 0.625. The van der Waals surface area contributed by atoms with E-state index in [9.17, 15) is 5.11 Å². The molecule has 0 bridgehead atoms. The highest BCUT2D eigenvalue weighted by Gasteiger charge is 2.36. The summed E-state index contributed by atoms with van der Waals surface area (Å²) in [4.78, 5) is 0. The fraction of sp³-hybridized carbons (Fsp3) is 0.636. The lowest BCUT2D eigenvalue weighted by molar-refractivity contribution is 0.0115. The van der Waals surface area contributed by atoms with Crippen molar-refractivity contribution < 1.29 is 5.11 Å². The van der Waals surface area contributed by atoms with Crippen molar-refractivity contribution in [2.45, 2.75) is 38.2 Å². The molecule has 12 heavy (non-hydrogen) atoms. The maximum Gasteiger partial charge on any atom is 0.0889 e. The van der Waals surface area contributed by atoms with E-state index in [1.54, 1.807) is 6.08 Å². The molecule has 1 saturated carbocycles. The molecule has 0 heterocycles. The monoisotopic (exact) mass is 166 g/mol. The second kappa shape index (κ2) is 3.44. The predicted octanol–water partition coefficient (Wildman–Crippen LogP) is 2.67. The smallest absolute Gasteiger partial charge is 0.0889 e. The third kappa shape index (κ3) is 1.61. The first kappa shape index (κ1) is 9.53. The summed E-state index contributed by atoms with van der Waals surface area (Å²) in [6.07, 6.45) is 5.89. The van der Waals surface area contributed by atoms with Crippen LogP contribution in [0.5, 0.6) is 0 Å². The Morgan fingerprint density at radius 2 is 2.25 bits per heavy atom. The van der Waals surface area contributed by atoms with E-state index in [0.717, 1.165) is 24.8 Å². The molecule has 2 unspecified atom stereocenters. The van der Waals surface area contributed by atoms with Crippen molar-refractivity contribution >= 4 is 0 Å². The Labute approximate surface area is 74.8 Å². The Morgan fingerprint density at radius 1 is 1.58 bits per heavy atom. The molecule has 0 aromatic heterocycles. The van der Waals surface area contributed by atoms with E-state index in [-0.39, 0.29) is 5.92 Å². The number of hydrogen-bond donors (Lipinski definition) is 1. The molecule has 0 amide bonds. The molecule has 0 aliphatic heterocycles. The zero-order valence-corrected chi connectivity index (χ0v) is 7.84. The highest BCUT2D eigenvalue weighted by molar-refractivity contribution is 5.13. The topological polar surface area (TPSA) is 20.2 Å². The molecular weight excluding hydrogens is 148 g/mol. The maximum atomic E-state index is 10.1. The van der Waals surface area contributed by atoms with Crippen LogP contribution in [0.2, 0.25) is 0 Å². The van der Waals surface area contributed by atoms with Gasteiger partial charge in [-0.2, -0.15) is 0 Å². The van der Waals surface area contributed by atoms with Crippen LogP contribution in [0, 0.1) is 5.92 Å². The Kier molecular flexibility index (Phi) is 2.73. The molecule has 0 aromatic carbocycles. The number of hydrogen-bond acceptors (Lipinski definition) is 1. The minimum Gasteiger partial charge on any atom is -0.385 e. The van der Waals surface area contributed by atoms with Gasteiger partial charge in [-0.15, -0.1) is 6.58 Å². The average Bonchev–Trinajstić information content (AvgIpc) is 2.05. The first-order chi connectivity index (χ1) is 5.60. The number of rotatable bonds is 2. The molecule has 0 radical (unpaired) electrons. The van der Waals surface area contributed by atoms with Crippen molar-refractivity contribution in [3.8, 4) is 0 Å². The van der Waals surface area contributed by atoms with E-state index in [4.69, 9.17) is 0 Å². The van der Waals surface area contributed by atoms with Gasteiger partial charge >= 0.3 is 0 Å². The van der Waals surface area contributed by atoms with Gasteiger partial charge in [-0.25, -0.2) is 0 Å². The normalized spacial score (nSPS) is 36.0. The zero-order valence-electron chi connectivity index (χ0n) is 7.84. The fourth-order valence-corrected chi connectivity index (χ4v) is 2.10. The first-order valence-corrected chi connectivity index (χ1v) is 4.61. The molecule has 1 fully saturated rings. The van der Waals surface area contributed by atoms with E-state index in [1.807, 2.05) is 6.92 Å². The summed E-state index contributed by atoms with van der Waals surface area (Å²) in [5.41, 5.74) is 0.404. The molecule has 0 aromatic rings. The van der Waals surface area contributed by atoms with Gasteiger partial charge in [0.05, 0.1) is 5.60 Å². The molecule has 1 rings (SSSR count). The summed E-state index contributed by atoms with van der Waals surface area (Å²) in [6.45, 7) is 9.60. The van der Waals surface area contributed by atoms with E-state index in [1.165, 1.54) is 6.42 Å². The van der Waals surface area contributed by atoms with Crippen LogP contribution in [0.3, 0.4) is 0 Å². The lowest BCUT2D eigenvalue weighted by atomic mass is 9.72. The molecule has 68 valence electrons. The van der Waals surface area contributed by atoms with Crippen LogP contribution in [0.15, 0.2) is 24.8 Å². The number of aliphatic hydroxyl groups is 1. The van der Waals surface area contributed by atoms with Crippen LogP contribution in [-0.2, 0) is 0 Å². The van der Waals surface area contributed by atoms with Gasteiger partial charge < -0.3 is 5.11 Å². The summed E-state index contributed by atoms with van der Waals surface area (Å²) in [5.74, 6) is 0.226. The largest absolute Gasteiger partial charge is 0.385 e. The van der Waals surface area contributed by atoms with Crippen LogP contribution in [0.1, 0.15) is 32.6 Å². The summed E-state index contributed by atoms with van der Waals surface area (Å²) < 4.78 is 0. The second-order valence-electron chi connectivity index (χ2n) is 3.84. The van der Waals surface area contributed by atoms with Crippen LogP contribution in [0.25, 0.3) is 0 Å². The van der Waals surface area contributed by atoms with Crippen LogP contribution < -0.4 is 0 Å². The lowest BCUT2D eigenvalue weighted by Crippen LogP contribution is -2.38. The highest BCUT2D eigenvalue weighted by Crippen LogP contribution is 2.38. The molecule has 1 nitrogen and oxygen atoms in total. The molecule has 2 atom stereocenters. The predicted molar refractivity (Wildman–Crippen MR) is 51.9 cm³/mol. The van der Waals surface area contributed by atoms with E-state index in [0.29, 0.717) is 0 Å². The van der Waals surface area contributed by atoms with Crippen molar-refractivity contribution in [2.24, 2.45) is 5.92 Å². The summed E-state index contributed by atoms with van der Waals surface area (Å²) in [7, 11) is 0. The Hall–Kier alpha value is -0.560.